The van der Waals surface area contributed by atoms with Gasteiger partial charge in [0.25, 0.3) is 5.91 Å². The SMILES string of the molecule is CCc1nnsc1C(=O)N(C)Cc1ccccc1Br. The molecule has 0 N–H and O–H groups in total. The minimum absolute atomic E-state index is 0.0254. The third-order valence-electron chi connectivity index (χ3n) is 2.80. The average molecular weight is 340 g/mol. The molecule has 1 aromatic carbocycles. The number of carbonyl (C=O) groups excluding carboxylic acids is 1. The van der Waals surface area contributed by atoms with E-state index in [1.54, 1.807) is 11.9 Å². The van der Waals surface area contributed by atoms with E-state index >= 15 is 0 Å². The van der Waals surface area contributed by atoms with Gasteiger partial charge in [-0.05, 0) is 29.6 Å². The molecule has 2 aromatic rings. The molecular weight excluding hydrogens is 326 g/mol. The smallest absolute Gasteiger partial charge is 0.267 e. The van der Waals surface area contributed by atoms with Crippen molar-refractivity contribution in [2.75, 3.05) is 7.05 Å². The first-order valence-electron chi connectivity index (χ1n) is 5.93. The van der Waals surface area contributed by atoms with E-state index in [1.807, 2.05) is 31.2 Å². The second-order valence-corrected chi connectivity index (χ2v) is 5.76. The Hall–Kier alpha value is -1.27. The van der Waals surface area contributed by atoms with Gasteiger partial charge in [0.2, 0.25) is 0 Å². The number of hydrogen-bond acceptors (Lipinski definition) is 4. The van der Waals surface area contributed by atoms with Gasteiger partial charge >= 0.3 is 0 Å². The van der Waals surface area contributed by atoms with Crippen LogP contribution in [0.4, 0.5) is 0 Å². The summed E-state index contributed by atoms with van der Waals surface area (Å²) in [4.78, 5) is 14.7. The molecule has 0 fully saturated rings. The third kappa shape index (κ3) is 3.19. The average Bonchev–Trinajstić information content (AvgIpc) is 2.88. The van der Waals surface area contributed by atoms with E-state index in [0.717, 1.165) is 33.7 Å². The number of rotatable bonds is 4. The summed E-state index contributed by atoms with van der Waals surface area (Å²) in [5.74, 6) is -0.0254. The first-order chi connectivity index (χ1) is 9.13. The predicted molar refractivity (Wildman–Crippen MR) is 79.2 cm³/mol. The van der Waals surface area contributed by atoms with E-state index in [1.165, 1.54) is 0 Å². The molecule has 0 unspecified atom stereocenters. The fraction of sp³-hybridized carbons (Fsp3) is 0.308. The molecule has 4 nitrogen and oxygen atoms in total. The molecule has 1 heterocycles. The number of aromatic nitrogens is 2. The molecule has 0 aliphatic rings. The first kappa shape index (κ1) is 14.1. The van der Waals surface area contributed by atoms with Crippen LogP contribution in [0.2, 0.25) is 0 Å². The van der Waals surface area contributed by atoms with Crippen LogP contribution in [0.25, 0.3) is 0 Å². The molecular formula is C13H14BrN3OS. The number of halogens is 1. The van der Waals surface area contributed by atoms with Crippen molar-refractivity contribution < 1.29 is 4.79 Å². The van der Waals surface area contributed by atoms with Gasteiger partial charge in [-0.15, -0.1) is 5.10 Å². The molecule has 0 atom stereocenters. The highest BCUT2D eigenvalue weighted by atomic mass is 79.9. The van der Waals surface area contributed by atoms with Gasteiger partial charge in [0.15, 0.2) is 0 Å². The highest BCUT2D eigenvalue weighted by molar-refractivity contribution is 9.10. The molecule has 1 aromatic heterocycles. The van der Waals surface area contributed by atoms with Crippen molar-refractivity contribution in [2.45, 2.75) is 19.9 Å². The van der Waals surface area contributed by atoms with Gasteiger partial charge in [0.05, 0.1) is 5.69 Å². The maximum absolute atomic E-state index is 12.3. The van der Waals surface area contributed by atoms with Crippen LogP contribution in [0.1, 0.15) is 27.9 Å². The first-order valence-corrected chi connectivity index (χ1v) is 7.50. The quantitative estimate of drug-likeness (QED) is 0.859. The fourth-order valence-corrected chi connectivity index (χ4v) is 2.89. The number of nitrogens with zero attached hydrogens (tertiary/aromatic N) is 3. The van der Waals surface area contributed by atoms with Crippen LogP contribution in [0, 0.1) is 0 Å². The molecule has 0 radical (unpaired) electrons. The minimum Gasteiger partial charge on any atom is -0.337 e. The van der Waals surface area contributed by atoms with Crippen molar-refractivity contribution in [1.29, 1.82) is 0 Å². The summed E-state index contributed by atoms with van der Waals surface area (Å²) in [6.07, 6.45) is 0.723. The van der Waals surface area contributed by atoms with Gasteiger partial charge in [-0.3, -0.25) is 4.79 Å². The number of carbonyl (C=O) groups is 1. The Morgan fingerprint density at radius 2 is 2.16 bits per heavy atom. The summed E-state index contributed by atoms with van der Waals surface area (Å²) in [5.41, 5.74) is 1.85. The summed E-state index contributed by atoms with van der Waals surface area (Å²) < 4.78 is 4.86. The monoisotopic (exact) mass is 339 g/mol. The summed E-state index contributed by atoms with van der Waals surface area (Å²) in [5, 5.41) is 3.97. The Balaban J connectivity index is 2.14. The highest BCUT2D eigenvalue weighted by Crippen LogP contribution is 2.19. The van der Waals surface area contributed by atoms with E-state index in [2.05, 4.69) is 25.5 Å². The molecule has 1 amide bonds. The summed E-state index contributed by atoms with van der Waals surface area (Å²) >= 11 is 4.65. The lowest BCUT2D eigenvalue weighted by atomic mass is 10.2. The predicted octanol–water partition coefficient (Wildman–Crippen LogP) is 3.14. The zero-order valence-electron chi connectivity index (χ0n) is 10.8. The molecule has 2 rings (SSSR count). The topological polar surface area (TPSA) is 46.1 Å². The van der Waals surface area contributed by atoms with Gasteiger partial charge in [0, 0.05) is 18.1 Å². The molecule has 0 aliphatic heterocycles. The number of aryl methyl sites for hydroxylation is 1. The van der Waals surface area contributed by atoms with Crippen molar-refractivity contribution in [3.8, 4) is 0 Å². The number of amides is 1. The Labute approximate surface area is 124 Å². The van der Waals surface area contributed by atoms with Crippen LogP contribution in [-0.2, 0) is 13.0 Å². The van der Waals surface area contributed by atoms with Crippen molar-refractivity contribution in [1.82, 2.24) is 14.5 Å². The van der Waals surface area contributed by atoms with E-state index in [-0.39, 0.29) is 5.91 Å². The van der Waals surface area contributed by atoms with Crippen LogP contribution < -0.4 is 0 Å². The van der Waals surface area contributed by atoms with Crippen molar-refractivity contribution in [3.05, 3.63) is 44.9 Å². The maximum Gasteiger partial charge on any atom is 0.267 e. The van der Waals surface area contributed by atoms with E-state index < -0.39 is 0 Å². The highest BCUT2D eigenvalue weighted by Gasteiger charge is 2.19. The normalized spacial score (nSPS) is 10.5. The lowest BCUT2D eigenvalue weighted by Crippen LogP contribution is -2.26. The lowest BCUT2D eigenvalue weighted by molar-refractivity contribution is 0.0788. The molecule has 100 valence electrons. The summed E-state index contributed by atoms with van der Waals surface area (Å²) in [6, 6.07) is 7.89. The Bertz CT molecular complexity index is 585. The Morgan fingerprint density at radius 1 is 1.42 bits per heavy atom. The molecule has 0 saturated heterocycles. The molecule has 0 spiro atoms. The summed E-state index contributed by atoms with van der Waals surface area (Å²) in [6.45, 7) is 2.53. The fourth-order valence-electron chi connectivity index (χ4n) is 1.73. The van der Waals surface area contributed by atoms with Gasteiger partial charge < -0.3 is 4.90 Å². The third-order valence-corrected chi connectivity index (χ3v) is 4.33. The van der Waals surface area contributed by atoms with E-state index in [4.69, 9.17) is 0 Å². The molecule has 19 heavy (non-hydrogen) atoms. The second kappa shape index (κ2) is 6.25. The zero-order valence-corrected chi connectivity index (χ0v) is 13.2. The van der Waals surface area contributed by atoms with Gasteiger partial charge in [-0.2, -0.15) is 0 Å². The van der Waals surface area contributed by atoms with E-state index in [9.17, 15) is 4.79 Å². The molecule has 0 saturated carbocycles. The van der Waals surface area contributed by atoms with Gasteiger partial charge in [-0.1, -0.05) is 45.5 Å². The zero-order chi connectivity index (χ0) is 13.8. The van der Waals surface area contributed by atoms with Crippen LogP contribution in [0.15, 0.2) is 28.7 Å². The molecule has 0 aliphatic carbocycles. The Kier molecular flexibility index (Phi) is 4.66. The molecule has 0 bridgehead atoms. The summed E-state index contributed by atoms with van der Waals surface area (Å²) in [7, 11) is 1.79. The van der Waals surface area contributed by atoms with Gasteiger partial charge in [0.1, 0.15) is 4.88 Å². The van der Waals surface area contributed by atoms with Crippen LogP contribution in [-0.4, -0.2) is 27.4 Å². The standard InChI is InChI=1S/C13H14BrN3OS/c1-3-11-12(19-16-15-11)13(18)17(2)8-9-6-4-5-7-10(9)14/h4-7H,3,8H2,1-2H3. The van der Waals surface area contributed by atoms with Gasteiger partial charge in [-0.25, -0.2) is 0 Å². The second-order valence-electron chi connectivity index (χ2n) is 4.15. The van der Waals surface area contributed by atoms with Crippen molar-refractivity contribution in [2.24, 2.45) is 0 Å². The van der Waals surface area contributed by atoms with E-state index in [0.29, 0.717) is 11.4 Å². The van der Waals surface area contributed by atoms with Crippen molar-refractivity contribution in [3.63, 3.8) is 0 Å². The Morgan fingerprint density at radius 3 is 2.84 bits per heavy atom. The van der Waals surface area contributed by atoms with Crippen LogP contribution in [0.3, 0.4) is 0 Å². The minimum atomic E-state index is -0.0254. The lowest BCUT2D eigenvalue weighted by Gasteiger charge is -2.17. The number of benzene rings is 1. The number of hydrogen-bond donors (Lipinski definition) is 0. The maximum atomic E-state index is 12.3. The van der Waals surface area contributed by atoms with Crippen LogP contribution in [0.5, 0.6) is 0 Å². The van der Waals surface area contributed by atoms with Crippen molar-refractivity contribution >= 4 is 33.4 Å². The largest absolute Gasteiger partial charge is 0.337 e. The van der Waals surface area contributed by atoms with Crippen LogP contribution >= 0.6 is 27.5 Å². The molecule has 6 heteroatoms.